The molecule has 4 aliphatic carbocycles. The maximum atomic E-state index is 12.4. The van der Waals surface area contributed by atoms with Gasteiger partial charge in [-0.15, -0.1) is 0 Å². The number of methoxy groups -OCH3 is 1. The molecule has 0 aromatic heterocycles. The van der Waals surface area contributed by atoms with Gasteiger partial charge in [0.2, 0.25) is 0 Å². The number of carbonyl (C=O) groups excluding carboxylic acids is 2. The lowest BCUT2D eigenvalue weighted by molar-refractivity contribution is -0.133. The molecule has 126 valence electrons. The van der Waals surface area contributed by atoms with Gasteiger partial charge < -0.3 is 4.74 Å². The first kappa shape index (κ1) is 15.4. The Morgan fingerprint density at radius 1 is 0.913 bits per heavy atom. The number of hydrogen-bond donors (Lipinski definition) is 0. The molecule has 23 heavy (non-hydrogen) atoms. The molecule has 0 aromatic rings. The van der Waals surface area contributed by atoms with Crippen LogP contribution in [0.15, 0.2) is 11.3 Å². The Labute approximate surface area is 138 Å². The Morgan fingerprint density at radius 3 is 2.39 bits per heavy atom. The van der Waals surface area contributed by atoms with Gasteiger partial charge in [-0.3, -0.25) is 9.59 Å². The van der Waals surface area contributed by atoms with Gasteiger partial charge >= 0.3 is 0 Å². The largest absolute Gasteiger partial charge is 0.493 e. The molecule has 3 saturated carbocycles. The van der Waals surface area contributed by atoms with E-state index >= 15 is 0 Å². The first-order valence-electron chi connectivity index (χ1n) is 9.26. The van der Waals surface area contributed by atoms with E-state index in [4.69, 9.17) is 4.74 Å². The fourth-order valence-corrected chi connectivity index (χ4v) is 6.67. The van der Waals surface area contributed by atoms with Crippen molar-refractivity contribution in [2.75, 3.05) is 7.11 Å². The number of rotatable bonds is 1. The molecule has 0 heterocycles. The highest BCUT2D eigenvalue weighted by atomic mass is 16.5. The monoisotopic (exact) mass is 316 g/mol. The Kier molecular flexibility index (Phi) is 3.31. The average molecular weight is 316 g/mol. The fourth-order valence-electron chi connectivity index (χ4n) is 6.67. The van der Waals surface area contributed by atoms with Crippen LogP contribution in [0.3, 0.4) is 0 Å². The molecule has 0 spiro atoms. The molecule has 3 nitrogen and oxygen atoms in total. The minimum Gasteiger partial charge on any atom is -0.493 e. The van der Waals surface area contributed by atoms with E-state index in [1.807, 2.05) is 0 Å². The van der Waals surface area contributed by atoms with Gasteiger partial charge in [0.05, 0.1) is 7.11 Å². The highest BCUT2D eigenvalue weighted by Crippen LogP contribution is 2.64. The molecule has 4 rings (SSSR count). The molecule has 3 fully saturated rings. The zero-order valence-electron chi connectivity index (χ0n) is 14.6. The molecule has 0 amide bonds. The zero-order chi connectivity index (χ0) is 16.4. The van der Waals surface area contributed by atoms with E-state index in [2.05, 4.69) is 13.8 Å². The van der Waals surface area contributed by atoms with Crippen molar-refractivity contribution >= 4 is 11.6 Å². The topological polar surface area (TPSA) is 43.4 Å². The van der Waals surface area contributed by atoms with Gasteiger partial charge in [0.15, 0.2) is 11.5 Å². The molecular weight excluding hydrogens is 288 g/mol. The second-order valence-corrected chi connectivity index (χ2v) is 8.69. The van der Waals surface area contributed by atoms with Crippen LogP contribution < -0.4 is 0 Å². The van der Waals surface area contributed by atoms with Crippen LogP contribution in [0.5, 0.6) is 0 Å². The summed E-state index contributed by atoms with van der Waals surface area (Å²) in [5.41, 5.74) is 1.33. The molecule has 4 aliphatic rings. The molecule has 0 aromatic carbocycles. The lowest BCUT2D eigenvalue weighted by Crippen LogP contribution is -2.51. The van der Waals surface area contributed by atoms with Crippen molar-refractivity contribution < 1.29 is 14.3 Å². The fraction of sp³-hybridized carbons (Fsp3) is 0.800. The van der Waals surface area contributed by atoms with Crippen molar-refractivity contribution in [2.45, 2.75) is 65.2 Å². The SMILES string of the molecule is COC1=C2CC[C@@H]3[C@H](CC[C@]4(C)C(=O)CC[C@@H]34)[C@@]2(C)CCC1=O. The van der Waals surface area contributed by atoms with Crippen LogP contribution in [0, 0.1) is 28.6 Å². The molecule has 5 atom stereocenters. The van der Waals surface area contributed by atoms with Crippen molar-refractivity contribution in [3.63, 3.8) is 0 Å². The molecule has 0 unspecified atom stereocenters. The Balaban J connectivity index is 1.73. The highest BCUT2D eigenvalue weighted by Gasteiger charge is 2.59. The van der Waals surface area contributed by atoms with Crippen molar-refractivity contribution in [3.8, 4) is 0 Å². The molecule has 3 heteroatoms. The van der Waals surface area contributed by atoms with E-state index in [0.29, 0.717) is 35.7 Å². The summed E-state index contributed by atoms with van der Waals surface area (Å²) in [5.74, 6) is 3.19. The van der Waals surface area contributed by atoms with Gasteiger partial charge in [-0.05, 0) is 67.3 Å². The first-order chi connectivity index (χ1) is 10.9. The van der Waals surface area contributed by atoms with Crippen molar-refractivity contribution in [3.05, 3.63) is 11.3 Å². The van der Waals surface area contributed by atoms with Crippen LogP contribution in [0.4, 0.5) is 0 Å². The maximum Gasteiger partial charge on any atom is 0.197 e. The van der Waals surface area contributed by atoms with Gasteiger partial charge in [-0.1, -0.05) is 13.8 Å². The minimum absolute atomic E-state index is 0.0622. The van der Waals surface area contributed by atoms with Crippen LogP contribution in [-0.2, 0) is 14.3 Å². The molecule has 0 radical (unpaired) electrons. The summed E-state index contributed by atoms with van der Waals surface area (Å²) < 4.78 is 5.52. The summed E-state index contributed by atoms with van der Waals surface area (Å²) in [6.45, 7) is 4.59. The second-order valence-electron chi connectivity index (χ2n) is 8.69. The minimum atomic E-state index is -0.0622. The van der Waals surface area contributed by atoms with Crippen LogP contribution in [0.25, 0.3) is 0 Å². The van der Waals surface area contributed by atoms with Crippen molar-refractivity contribution in [2.24, 2.45) is 28.6 Å². The van der Waals surface area contributed by atoms with Crippen LogP contribution in [0.1, 0.15) is 65.2 Å². The van der Waals surface area contributed by atoms with Gasteiger partial charge in [0.1, 0.15) is 5.78 Å². The predicted octanol–water partition coefficient (Wildman–Crippen LogP) is 4.06. The maximum absolute atomic E-state index is 12.4. The zero-order valence-corrected chi connectivity index (χ0v) is 14.6. The Hall–Kier alpha value is -1.12. The number of Topliss-reactive ketones (excluding diaryl/α,β-unsaturated/α-hetero) is 2. The van der Waals surface area contributed by atoms with E-state index < -0.39 is 0 Å². The molecule has 0 saturated heterocycles. The second kappa shape index (κ2) is 4.94. The lowest BCUT2D eigenvalue weighted by Gasteiger charge is -2.57. The van der Waals surface area contributed by atoms with E-state index in [1.165, 1.54) is 5.57 Å². The number of allylic oxidation sites excluding steroid dienone is 1. The summed E-state index contributed by atoms with van der Waals surface area (Å²) in [6.07, 6.45) is 7.73. The van der Waals surface area contributed by atoms with Crippen LogP contribution in [0.2, 0.25) is 0 Å². The average Bonchev–Trinajstić information content (AvgIpc) is 2.83. The van der Waals surface area contributed by atoms with Gasteiger partial charge in [0.25, 0.3) is 0 Å². The number of carbonyl (C=O) groups is 2. The summed E-state index contributed by atoms with van der Waals surface area (Å²) >= 11 is 0. The molecular formula is C20H28O3. The van der Waals surface area contributed by atoms with Crippen LogP contribution >= 0.6 is 0 Å². The summed E-state index contributed by atoms with van der Waals surface area (Å²) in [5, 5.41) is 0. The van der Waals surface area contributed by atoms with E-state index in [9.17, 15) is 9.59 Å². The third-order valence-electron chi connectivity index (χ3n) is 7.98. The summed E-state index contributed by atoms with van der Waals surface area (Å²) in [7, 11) is 1.64. The predicted molar refractivity (Wildman–Crippen MR) is 87.7 cm³/mol. The summed E-state index contributed by atoms with van der Waals surface area (Å²) in [6, 6.07) is 0. The smallest absolute Gasteiger partial charge is 0.197 e. The quantitative estimate of drug-likeness (QED) is 0.732. The Bertz CT molecular complexity index is 604. The van der Waals surface area contributed by atoms with Crippen LogP contribution in [-0.4, -0.2) is 18.7 Å². The number of hydrogen-bond acceptors (Lipinski definition) is 3. The van der Waals surface area contributed by atoms with E-state index in [-0.39, 0.29) is 16.6 Å². The molecule has 0 bridgehead atoms. The molecule has 0 aliphatic heterocycles. The van der Waals surface area contributed by atoms with Gasteiger partial charge in [-0.25, -0.2) is 0 Å². The standard InChI is InChI=1S/C20H28O3/c1-19-11-9-16(21)18(23-3)15(19)5-4-12-13-6-7-17(22)20(13,2)10-8-14(12)19/h12-14H,4-11H2,1-3H3/t12-,13-,14-,19+,20-/m0/s1. The molecule has 0 N–H and O–H groups in total. The summed E-state index contributed by atoms with van der Waals surface area (Å²) in [4.78, 5) is 24.7. The normalized spacial score (nSPS) is 46.3. The highest BCUT2D eigenvalue weighted by molar-refractivity contribution is 5.95. The lowest BCUT2D eigenvalue weighted by atomic mass is 9.47. The first-order valence-corrected chi connectivity index (χ1v) is 9.26. The van der Waals surface area contributed by atoms with E-state index in [0.717, 1.165) is 44.9 Å². The van der Waals surface area contributed by atoms with Crippen molar-refractivity contribution in [1.29, 1.82) is 0 Å². The number of fused-ring (bicyclic) bond motifs is 5. The third-order valence-corrected chi connectivity index (χ3v) is 7.98. The third kappa shape index (κ3) is 1.88. The van der Waals surface area contributed by atoms with Gasteiger partial charge in [-0.2, -0.15) is 0 Å². The van der Waals surface area contributed by atoms with E-state index in [1.54, 1.807) is 7.11 Å². The number of ether oxygens (including phenoxy) is 1. The van der Waals surface area contributed by atoms with Gasteiger partial charge in [0, 0.05) is 18.3 Å². The Morgan fingerprint density at radius 2 is 1.65 bits per heavy atom. The van der Waals surface area contributed by atoms with Crippen molar-refractivity contribution in [1.82, 2.24) is 0 Å². The number of ketones is 2.